The van der Waals surface area contributed by atoms with Crippen LogP contribution >= 0.6 is 44.4 Å². The maximum absolute atomic E-state index is 5.39. The number of rotatable bonds is 2. The number of nitrogens with zero attached hydrogens (tertiary/aromatic N) is 1. The molecule has 0 amide bonds. The van der Waals surface area contributed by atoms with Crippen LogP contribution in [-0.4, -0.2) is 0 Å². The Morgan fingerprint density at radius 2 is 2.43 bits per heavy atom. The van der Waals surface area contributed by atoms with Gasteiger partial charge in [-0.05, 0) is 11.2 Å². The molecule has 0 spiro atoms. The lowest BCUT2D eigenvalue weighted by atomic mass is 13.9. The first-order valence-corrected chi connectivity index (χ1v) is 7.97. The Morgan fingerprint density at radius 3 is 2.57 bits per heavy atom. The van der Waals surface area contributed by atoms with Crippen molar-refractivity contribution < 1.29 is 0 Å². The molecule has 0 saturated heterocycles. The number of hydrogen-bond donors (Lipinski definition) is 0. The smallest absolute Gasteiger partial charge is 0.181 e. The van der Waals surface area contributed by atoms with Crippen molar-refractivity contribution in [1.82, 2.24) is 0 Å². The summed E-state index contributed by atoms with van der Waals surface area (Å²) in [6.45, 7) is 0. The average Bonchev–Trinajstić information content (AvgIpc) is 1.61. The summed E-state index contributed by atoms with van der Waals surface area (Å²) < 4.78 is 3.73. The van der Waals surface area contributed by atoms with Crippen LogP contribution < -0.4 is 0 Å². The van der Waals surface area contributed by atoms with Crippen LogP contribution in [0.2, 0.25) is 0 Å². The third-order valence-corrected chi connectivity index (χ3v) is 4.35. The fourth-order valence-electron chi connectivity index (χ4n) is 0.0521. The first kappa shape index (κ1) is 8.63. The Morgan fingerprint density at radius 1 is 1.86 bits per heavy atom. The molecular formula is HCl2NP3S+. The van der Waals surface area contributed by atoms with Crippen LogP contribution in [0.5, 0.6) is 0 Å². The zero-order valence-corrected chi connectivity index (χ0v) is 8.12. The molecule has 0 aliphatic rings. The zero-order chi connectivity index (χ0) is 5.70. The van der Waals surface area contributed by atoms with E-state index in [-0.39, 0.29) is 0 Å². The average molecular weight is 211 g/mol. The van der Waals surface area contributed by atoms with E-state index >= 15 is 0 Å². The Bertz CT molecular complexity index is 90.9. The SMILES string of the molecule is S=[P+](Cl)PN=PCl. The van der Waals surface area contributed by atoms with E-state index in [1.54, 1.807) is 0 Å². The zero-order valence-electron chi connectivity index (χ0n) is 3.01. The van der Waals surface area contributed by atoms with Crippen molar-refractivity contribution in [3.8, 4) is 0 Å². The van der Waals surface area contributed by atoms with Crippen LogP contribution in [-0.2, 0) is 11.8 Å². The van der Waals surface area contributed by atoms with Gasteiger partial charge in [-0.1, -0.05) is 0 Å². The number of hydrogen-bond acceptors (Lipinski definition) is 2. The maximum atomic E-state index is 5.39. The molecule has 0 aliphatic heterocycles. The fourth-order valence-corrected chi connectivity index (χ4v) is 4.22. The van der Waals surface area contributed by atoms with E-state index in [0.717, 1.165) is 0 Å². The highest BCUT2D eigenvalue weighted by atomic mass is 35.7. The van der Waals surface area contributed by atoms with Gasteiger partial charge >= 0.3 is 5.74 Å². The molecule has 0 radical (unpaired) electrons. The molecule has 7 heavy (non-hydrogen) atoms. The van der Waals surface area contributed by atoms with Gasteiger partial charge < -0.3 is 0 Å². The van der Waals surface area contributed by atoms with Gasteiger partial charge in [0.15, 0.2) is 23.0 Å². The highest BCUT2D eigenvalue weighted by Gasteiger charge is 2.00. The summed E-state index contributed by atoms with van der Waals surface area (Å²) in [5, 5.41) is 0. The summed E-state index contributed by atoms with van der Waals surface area (Å²) in [6, 6.07) is 0. The van der Waals surface area contributed by atoms with Gasteiger partial charge in [0.05, 0.1) is 0 Å². The van der Waals surface area contributed by atoms with E-state index in [9.17, 15) is 0 Å². The molecular weight excluding hydrogens is 210 g/mol. The van der Waals surface area contributed by atoms with Crippen molar-refractivity contribution in [2.24, 2.45) is 4.52 Å². The third kappa shape index (κ3) is 7.63. The van der Waals surface area contributed by atoms with Crippen LogP contribution in [0.3, 0.4) is 0 Å². The molecule has 2 unspecified atom stereocenters. The molecule has 7 heteroatoms. The fraction of sp³-hybridized carbons (Fsp3) is 0. The molecule has 0 fully saturated rings. The van der Waals surface area contributed by atoms with Crippen LogP contribution in [0, 0.1) is 0 Å². The van der Waals surface area contributed by atoms with Crippen molar-refractivity contribution in [1.29, 1.82) is 0 Å². The van der Waals surface area contributed by atoms with Crippen molar-refractivity contribution in [2.45, 2.75) is 0 Å². The van der Waals surface area contributed by atoms with E-state index in [4.69, 9.17) is 22.5 Å². The second-order valence-electron chi connectivity index (χ2n) is 0.520. The van der Waals surface area contributed by atoms with Gasteiger partial charge in [-0.25, -0.2) is 0 Å². The van der Waals surface area contributed by atoms with E-state index in [1.165, 1.54) is 0 Å². The Labute approximate surface area is 60.8 Å². The lowest BCUT2D eigenvalue weighted by Crippen LogP contribution is -1.14. The molecule has 0 N–H and O–H groups in total. The third-order valence-electron chi connectivity index (χ3n) is 0.161. The molecule has 40 valence electrons. The predicted molar refractivity (Wildman–Crippen MR) is 43.7 cm³/mol. The Balaban J connectivity index is 3.14. The van der Waals surface area contributed by atoms with Crippen molar-refractivity contribution in [3.05, 3.63) is 0 Å². The molecule has 0 rings (SSSR count). The largest absolute Gasteiger partial charge is 0.327 e. The predicted octanol–water partition coefficient (Wildman–Crippen LogP) is 3.88. The van der Waals surface area contributed by atoms with Crippen LogP contribution in [0.25, 0.3) is 0 Å². The molecule has 2 atom stereocenters. The minimum Gasteiger partial charge on any atom is -0.181 e. The maximum Gasteiger partial charge on any atom is 0.327 e. The summed E-state index contributed by atoms with van der Waals surface area (Å²) in [7, 11) is 0.829. The first-order valence-electron chi connectivity index (χ1n) is 1.17. The quantitative estimate of drug-likeness (QED) is 0.631. The Kier molecular flexibility index (Phi) is 7.10. The van der Waals surface area contributed by atoms with Gasteiger partial charge in [0, 0.05) is 0 Å². The van der Waals surface area contributed by atoms with Crippen LogP contribution in [0.4, 0.5) is 0 Å². The molecule has 0 heterocycles. The molecule has 0 aromatic rings. The summed E-state index contributed by atoms with van der Waals surface area (Å²) in [6.07, 6.45) is 0. The van der Waals surface area contributed by atoms with E-state index in [1.807, 2.05) is 0 Å². The second-order valence-corrected chi connectivity index (χ2v) is 9.09. The normalized spacial score (nSPS) is 14.3. The van der Waals surface area contributed by atoms with E-state index in [2.05, 4.69) is 16.3 Å². The van der Waals surface area contributed by atoms with E-state index < -0.39 is 5.74 Å². The van der Waals surface area contributed by atoms with Gasteiger partial charge in [-0.15, -0.1) is 0 Å². The molecule has 0 bridgehead atoms. The topological polar surface area (TPSA) is 12.4 Å². The van der Waals surface area contributed by atoms with Gasteiger partial charge in [0.2, 0.25) is 0 Å². The highest BCUT2D eigenvalue weighted by molar-refractivity contribution is 8.48. The number of halogens is 2. The van der Waals surface area contributed by atoms with E-state index in [0.29, 0.717) is 16.1 Å². The second kappa shape index (κ2) is 5.76. The van der Waals surface area contributed by atoms with Crippen molar-refractivity contribution >= 4 is 56.2 Å². The summed E-state index contributed by atoms with van der Waals surface area (Å²) >= 11 is 15.2. The van der Waals surface area contributed by atoms with Crippen LogP contribution in [0.1, 0.15) is 0 Å². The van der Waals surface area contributed by atoms with Crippen LogP contribution in [0.15, 0.2) is 4.52 Å². The summed E-state index contributed by atoms with van der Waals surface area (Å²) in [5.74, 6) is 0. The summed E-state index contributed by atoms with van der Waals surface area (Å²) in [4.78, 5) is 0. The van der Waals surface area contributed by atoms with Crippen molar-refractivity contribution in [3.63, 3.8) is 0 Å². The lowest BCUT2D eigenvalue weighted by Gasteiger charge is -1.63. The van der Waals surface area contributed by atoms with Gasteiger partial charge in [-0.2, -0.15) is 4.52 Å². The van der Waals surface area contributed by atoms with Crippen molar-refractivity contribution in [2.75, 3.05) is 0 Å². The Hall–Kier alpha value is 1.63. The molecule has 1 nitrogen and oxygen atoms in total. The highest BCUT2D eigenvalue weighted by Crippen LogP contribution is 2.51. The molecule has 0 aliphatic carbocycles. The van der Waals surface area contributed by atoms with Gasteiger partial charge in [0.25, 0.3) is 8.42 Å². The standard InChI is InChI=1S/Cl2HNP3S/c1-4-3-5-6(2)7/h5H/q+1. The minimum absolute atomic E-state index is 0.314. The molecule has 0 aromatic carbocycles. The molecule has 0 aromatic heterocycles. The van der Waals surface area contributed by atoms with Gasteiger partial charge in [0.1, 0.15) is 7.73 Å². The summed E-state index contributed by atoms with van der Waals surface area (Å²) in [5.41, 5.74) is -0.781. The minimum atomic E-state index is -0.781. The first-order chi connectivity index (χ1) is 3.27. The lowest BCUT2D eigenvalue weighted by molar-refractivity contribution is 2.10. The van der Waals surface area contributed by atoms with Gasteiger partial charge in [-0.3, -0.25) is 0 Å². The monoisotopic (exact) mass is 210 g/mol. The molecule has 0 saturated carbocycles.